The molecule has 0 aliphatic heterocycles. The Labute approximate surface area is 134 Å². The number of amides is 2. The Bertz CT molecular complexity index is 587. The van der Waals surface area contributed by atoms with E-state index in [-0.39, 0.29) is 12.1 Å². The van der Waals surface area contributed by atoms with Gasteiger partial charge in [0.2, 0.25) is 0 Å². The zero-order valence-corrected chi connectivity index (χ0v) is 13.3. The average molecular weight is 322 g/mol. The third-order valence-corrected chi connectivity index (χ3v) is 3.52. The van der Waals surface area contributed by atoms with Crippen molar-refractivity contribution in [3.05, 3.63) is 47.5 Å². The van der Waals surface area contributed by atoms with Crippen LogP contribution in [0.25, 0.3) is 0 Å². The molecule has 2 amide bonds. The molecule has 2 N–H and O–H groups in total. The van der Waals surface area contributed by atoms with Gasteiger partial charge < -0.3 is 10.6 Å². The Kier molecular flexibility index (Phi) is 6.21. The number of urea groups is 1. The Morgan fingerprint density at radius 2 is 2.32 bits per heavy atom. The fraction of sp³-hybridized carbons (Fsp3) is 0.400. The van der Waals surface area contributed by atoms with Gasteiger partial charge in [-0.15, -0.1) is 0 Å². The first kappa shape index (κ1) is 16.3. The summed E-state index contributed by atoms with van der Waals surface area (Å²) in [5.41, 5.74) is 1.01. The van der Waals surface area contributed by atoms with Crippen LogP contribution < -0.4 is 10.6 Å². The number of carbonyl (C=O) groups excluding carboxylic acids is 1. The van der Waals surface area contributed by atoms with Gasteiger partial charge in [-0.2, -0.15) is 5.10 Å². The molecule has 0 spiro atoms. The molecule has 22 heavy (non-hydrogen) atoms. The number of rotatable bonds is 7. The highest BCUT2D eigenvalue weighted by molar-refractivity contribution is 6.30. The quantitative estimate of drug-likeness (QED) is 0.770. The second kappa shape index (κ2) is 8.38. The summed E-state index contributed by atoms with van der Waals surface area (Å²) < 4.78 is 1.74. The topological polar surface area (TPSA) is 71.8 Å². The number of nitrogens with zero attached hydrogens (tertiary/aromatic N) is 3. The largest absolute Gasteiger partial charge is 0.338 e. The highest BCUT2D eigenvalue weighted by Crippen LogP contribution is 2.20. The fourth-order valence-electron chi connectivity index (χ4n) is 2.14. The average Bonchev–Trinajstić information content (AvgIpc) is 3.02. The van der Waals surface area contributed by atoms with Crippen LogP contribution in [0, 0.1) is 0 Å². The first-order valence-corrected chi connectivity index (χ1v) is 7.69. The zero-order valence-electron chi connectivity index (χ0n) is 12.5. The maximum atomic E-state index is 11.9. The molecule has 0 fully saturated rings. The zero-order chi connectivity index (χ0) is 15.8. The minimum Gasteiger partial charge on any atom is -0.338 e. The standard InChI is InChI=1S/C15H20ClN5O/c1-2-14(12-5-3-6-13(16)9-12)20-15(22)18-7-4-8-21-11-17-10-19-21/h3,5-6,9-11,14H,2,4,7-8H2,1H3,(H2,18,20,22)/t14-/m1/s1. The van der Waals surface area contributed by atoms with Crippen molar-refractivity contribution in [2.75, 3.05) is 6.54 Å². The molecule has 0 unspecified atom stereocenters. The smallest absolute Gasteiger partial charge is 0.315 e. The van der Waals surface area contributed by atoms with Crippen molar-refractivity contribution in [1.29, 1.82) is 0 Å². The molecule has 2 aromatic rings. The predicted octanol–water partition coefficient (Wildman–Crippen LogP) is 2.77. The minimum atomic E-state index is -0.176. The Hall–Kier alpha value is -2.08. The van der Waals surface area contributed by atoms with E-state index in [9.17, 15) is 4.79 Å². The monoisotopic (exact) mass is 321 g/mol. The van der Waals surface area contributed by atoms with E-state index < -0.39 is 0 Å². The normalized spacial score (nSPS) is 11.9. The summed E-state index contributed by atoms with van der Waals surface area (Å²) in [4.78, 5) is 15.8. The van der Waals surface area contributed by atoms with E-state index >= 15 is 0 Å². The van der Waals surface area contributed by atoms with Crippen molar-refractivity contribution in [1.82, 2.24) is 25.4 Å². The van der Waals surface area contributed by atoms with E-state index in [1.807, 2.05) is 31.2 Å². The van der Waals surface area contributed by atoms with Crippen LogP contribution in [0.15, 0.2) is 36.9 Å². The summed E-state index contributed by atoms with van der Waals surface area (Å²) in [7, 11) is 0. The maximum absolute atomic E-state index is 11.9. The number of benzene rings is 1. The fourth-order valence-corrected chi connectivity index (χ4v) is 2.34. The Morgan fingerprint density at radius 3 is 3.00 bits per heavy atom. The van der Waals surface area contributed by atoms with E-state index in [1.165, 1.54) is 6.33 Å². The van der Waals surface area contributed by atoms with Gasteiger partial charge in [-0.3, -0.25) is 4.68 Å². The second-order valence-corrected chi connectivity index (χ2v) is 5.36. The third-order valence-electron chi connectivity index (χ3n) is 3.28. The number of hydrogen-bond donors (Lipinski definition) is 2. The molecule has 0 radical (unpaired) electrons. The number of nitrogens with one attached hydrogen (secondary N) is 2. The highest BCUT2D eigenvalue weighted by atomic mass is 35.5. The SMILES string of the molecule is CC[C@@H](NC(=O)NCCCn1cncn1)c1cccc(Cl)c1. The van der Waals surface area contributed by atoms with Crippen molar-refractivity contribution < 1.29 is 4.79 Å². The van der Waals surface area contributed by atoms with Crippen LogP contribution in [0.5, 0.6) is 0 Å². The van der Waals surface area contributed by atoms with Gasteiger partial charge in [-0.25, -0.2) is 9.78 Å². The van der Waals surface area contributed by atoms with Gasteiger partial charge in [0.05, 0.1) is 6.04 Å². The Balaban J connectivity index is 1.75. The minimum absolute atomic E-state index is 0.0472. The van der Waals surface area contributed by atoms with Crippen LogP contribution in [-0.2, 0) is 6.54 Å². The van der Waals surface area contributed by atoms with Gasteiger partial charge in [0.15, 0.2) is 0 Å². The summed E-state index contributed by atoms with van der Waals surface area (Å²) in [6, 6.07) is 7.32. The highest BCUT2D eigenvalue weighted by Gasteiger charge is 2.12. The van der Waals surface area contributed by atoms with Crippen LogP contribution in [-0.4, -0.2) is 27.3 Å². The molecule has 118 valence electrons. The predicted molar refractivity (Wildman–Crippen MR) is 85.7 cm³/mol. The van der Waals surface area contributed by atoms with Crippen molar-refractivity contribution in [2.45, 2.75) is 32.4 Å². The molecule has 0 aliphatic carbocycles. The molecule has 1 aromatic carbocycles. The summed E-state index contributed by atoms with van der Waals surface area (Å²) in [6.45, 7) is 3.33. The summed E-state index contributed by atoms with van der Waals surface area (Å²) in [5.74, 6) is 0. The van der Waals surface area contributed by atoms with Crippen LogP contribution in [0.2, 0.25) is 5.02 Å². The second-order valence-electron chi connectivity index (χ2n) is 4.93. The van der Waals surface area contributed by atoms with E-state index in [4.69, 9.17) is 11.6 Å². The van der Waals surface area contributed by atoms with Gasteiger partial charge in [-0.05, 0) is 30.5 Å². The van der Waals surface area contributed by atoms with Crippen LogP contribution in [0.4, 0.5) is 4.79 Å². The van der Waals surface area contributed by atoms with Crippen LogP contribution in [0.1, 0.15) is 31.4 Å². The number of aryl methyl sites for hydroxylation is 1. The molecular formula is C15H20ClN5O. The lowest BCUT2D eigenvalue weighted by molar-refractivity contribution is 0.236. The third kappa shape index (κ3) is 5.04. The Morgan fingerprint density at radius 1 is 1.45 bits per heavy atom. The van der Waals surface area contributed by atoms with Crippen molar-refractivity contribution in [3.63, 3.8) is 0 Å². The molecular weight excluding hydrogens is 302 g/mol. The van der Waals surface area contributed by atoms with E-state index in [0.717, 1.165) is 24.9 Å². The van der Waals surface area contributed by atoms with Crippen molar-refractivity contribution in [3.8, 4) is 0 Å². The number of halogens is 1. The summed E-state index contributed by atoms with van der Waals surface area (Å²) in [6.07, 6.45) is 4.75. The molecule has 0 aliphatic rings. The summed E-state index contributed by atoms with van der Waals surface area (Å²) in [5, 5.41) is 10.5. The molecule has 2 rings (SSSR count). The number of carbonyl (C=O) groups is 1. The van der Waals surface area contributed by atoms with Crippen LogP contribution in [0.3, 0.4) is 0 Å². The maximum Gasteiger partial charge on any atom is 0.315 e. The number of aromatic nitrogens is 3. The lowest BCUT2D eigenvalue weighted by atomic mass is 10.1. The molecule has 6 nitrogen and oxygen atoms in total. The van der Waals surface area contributed by atoms with Crippen molar-refractivity contribution in [2.24, 2.45) is 0 Å². The number of hydrogen-bond acceptors (Lipinski definition) is 3. The van der Waals surface area contributed by atoms with E-state index in [2.05, 4.69) is 20.7 Å². The van der Waals surface area contributed by atoms with Crippen molar-refractivity contribution >= 4 is 17.6 Å². The summed E-state index contributed by atoms with van der Waals surface area (Å²) >= 11 is 5.99. The van der Waals surface area contributed by atoms with Gasteiger partial charge in [-0.1, -0.05) is 30.7 Å². The first-order chi connectivity index (χ1) is 10.7. The van der Waals surface area contributed by atoms with Crippen LogP contribution >= 0.6 is 11.6 Å². The molecule has 7 heteroatoms. The molecule has 0 saturated carbocycles. The molecule has 0 saturated heterocycles. The molecule has 1 aromatic heterocycles. The lowest BCUT2D eigenvalue weighted by Crippen LogP contribution is -2.38. The van der Waals surface area contributed by atoms with E-state index in [0.29, 0.717) is 11.6 Å². The molecule has 1 atom stereocenters. The van der Waals surface area contributed by atoms with Gasteiger partial charge >= 0.3 is 6.03 Å². The van der Waals surface area contributed by atoms with Gasteiger partial charge in [0.1, 0.15) is 12.7 Å². The molecule has 1 heterocycles. The first-order valence-electron chi connectivity index (χ1n) is 7.31. The molecule has 0 bridgehead atoms. The van der Waals surface area contributed by atoms with Gasteiger partial charge in [0.25, 0.3) is 0 Å². The lowest BCUT2D eigenvalue weighted by Gasteiger charge is -2.18. The van der Waals surface area contributed by atoms with E-state index in [1.54, 1.807) is 11.0 Å². The van der Waals surface area contributed by atoms with Gasteiger partial charge in [0, 0.05) is 18.1 Å².